The van der Waals surface area contributed by atoms with Gasteiger partial charge in [0.2, 0.25) is 0 Å². The molecule has 0 fully saturated rings. The number of para-hydroxylation sites is 2. The van der Waals surface area contributed by atoms with E-state index in [1.165, 1.54) is 0 Å². The van der Waals surface area contributed by atoms with E-state index in [0.29, 0.717) is 0 Å². The van der Waals surface area contributed by atoms with Gasteiger partial charge in [0.1, 0.15) is 11.5 Å². The summed E-state index contributed by atoms with van der Waals surface area (Å²) >= 11 is 0. The lowest BCUT2D eigenvalue weighted by Gasteiger charge is -1.97. The third-order valence-corrected chi connectivity index (χ3v) is 2.58. The molecule has 0 aliphatic carbocycles. The Morgan fingerprint density at radius 1 is 0.765 bits per heavy atom. The van der Waals surface area contributed by atoms with Crippen LogP contribution in [0.25, 0.3) is 6.08 Å². The fourth-order valence-electron chi connectivity index (χ4n) is 1.75. The van der Waals surface area contributed by atoms with Crippen LogP contribution in [0.1, 0.15) is 5.56 Å². The van der Waals surface area contributed by atoms with Crippen molar-refractivity contribution >= 4 is 13.2 Å². The Morgan fingerprint density at radius 3 is 2.00 bits per heavy atom. The third kappa shape index (κ3) is 2.18. The first-order chi connectivity index (χ1) is 8.42. The lowest BCUT2D eigenvalue weighted by Crippen LogP contribution is -2.21. The number of fused-ring (bicyclic) bond motifs is 1. The van der Waals surface area contributed by atoms with Crippen LogP contribution in [0.15, 0.2) is 60.6 Å². The lowest BCUT2D eigenvalue weighted by molar-refractivity contribution is 0.517. The van der Waals surface area contributed by atoms with E-state index in [-0.39, 0.29) is 7.12 Å². The molecule has 0 unspecified atom stereocenters. The molecule has 0 radical (unpaired) electrons. The second kappa shape index (κ2) is 4.38. The topological polar surface area (TPSA) is 18.5 Å². The van der Waals surface area contributed by atoms with Gasteiger partial charge in [0.25, 0.3) is 0 Å². The van der Waals surface area contributed by atoms with Gasteiger partial charge in [-0.3, -0.25) is 0 Å². The van der Waals surface area contributed by atoms with Crippen LogP contribution in [0.4, 0.5) is 0 Å². The van der Waals surface area contributed by atoms with Gasteiger partial charge in [-0.05, 0) is 23.7 Å². The van der Waals surface area contributed by atoms with Gasteiger partial charge in [-0.15, -0.1) is 0 Å². The third-order valence-electron chi connectivity index (χ3n) is 2.58. The van der Waals surface area contributed by atoms with Crippen molar-refractivity contribution < 1.29 is 9.31 Å². The molecule has 3 rings (SSSR count). The standard InChI is InChI=1S/C14H11BO2/c1-2-6-12(7-3-1)10-11-15-16-13-8-4-5-9-14(13)17-15/h1-11H/b11-10-. The first-order valence-corrected chi connectivity index (χ1v) is 5.57. The summed E-state index contributed by atoms with van der Waals surface area (Å²) in [5.41, 5.74) is 1.13. The van der Waals surface area contributed by atoms with Crippen LogP contribution in [0.2, 0.25) is 0 Å². The molecule has 1 aliphatic heterocycles. The summed E-state index contributed by atoms with van der Waals surface area (Å²) in [6.45, 7) is 0. The molecule has 0 saturated carbocycles. The quantitative estimate of drug-likeness (QED) is 0.726. The van der Waals surface area contributed by atoms with Gasteiger partial charge in [0, 0.05) is 0 Å². The zero-order valence-corrected chi connectivity index (χ0v) is 9.24. The zero-order chi connectivity index (χ0) is 11.5. The van der Waals surface area contributed by atoms with Gasteiger partial charge in [0.15, 0.2) is 0 Å². The molecule has 17 heavy (non-hydrogen) atoms. The molecule has 82 valence electrons. The monoisotopic (exact) mass is 222 g/mol. The largest absolute Gasteiger partial charge is 0.625 e. The Balaban J connectivity index is 1.72. The molecule has 1 heterocycles. The van der Waals surface area contributed by atoms with E-state index < -0.39 is 0 Å². The summed E-state index contributed by atoms with van der Waals surface area (Å²) in [7, 11) is -0.326. The number of rotatable bonds is 2. The molecule has 0 spiro atoms. The van der Waals surface area contributed by atoms with E-state index in [2.05, 4.69) is 0 Å². The SMILES string of the molecule is C(=C/c1ccccc1)/B1Oc2ccccc2O1. The maximum atomic E-state index is 5.62. The maximum Gasteiger partial charge on any atom is 0.625 e. The van der Waals surface area contributed by atoms with Crippen LogP contribution in [0, 0.1) is 0 Å². The van der Waals surface area contributed by atoms with Gasteiger partial charge in [0.05, 0.1) is 0 Å². The predicted octanol–water partition coefficient (Wildman–Crippen LogP) is 3.20. The van der Waals surface area contributed by atoms with Crippen molar-refractivity contribution in [1.82, 2.24) is 0 Å². The molecule has 3 heteroatoms. The molecule has 2 aromatic rings. The first kappa shape index (κ1) is 10.0. The van der Waals surface area contributed by atoms with E-state index in [1.807, 2.05) is 66.6 Å². The van der Waals surface area contributed by atoms with Crippen molar-refractivity contribution in [2.24, 2.45) is 0 Å². The Kier molecular flexibility index (Phi) is 2.58. The Labute approximate surface area is 101 Å². The maximum absolute atomic E-state index is 5.62. The highest BCUT2D eigenvalue weighted by Gasteiger charge is 2.28. The highest BCUT2D eigenvalue weighted by atomic mass is 16.6. The van der Waals surface area contributed by atoms with Crippen molar-refractivity contribution in [3.63, 3.8) is 0 Å². The molecule has 0 amide bonds. The second-order valence-corrected chi connectivity index (χ2v) is 3.82. The number of hydrogen-bond acceptors (Lipinski definition) is 2. The van der Waals surface area contributed by atoms with E-state index in [0.717, 1.165) is 17.1 Å². The molecule has 2 aromatic carbocycles. The van der Waals surface area contributed by atoms with Crippen LogP contribution < -0.4 is 9.31 Å². The number of hydrogen-bond donors (Lipinski definition) is 0. The van der Waals surface area contributed by atoms with Crippen LogP contribution in [-0.4, -0.2) is 7.12 Å². The highest BCUT2D eigenvalue weighted by Crippen LogP contribution is 2.32. The molecule has 1 aliphatic rings. The minimum Gasteiger partial charge on any atom is -0.520 e. The van der Waals surface area contributed by atoms with Crippen molar-refractivity contribution in [2.45, 2.75) is 0 Å². The average Bonchev–Trinajstić information content (AvgIpc) is 2.80. The Morgan fingerprint density at radius 2 is 1.35 bits per heavy atom. The van der Waals surface area contributed by atoms with Gasteiger partial charge >= 0.3 is 7.12 Å². The van der Waals surface area contributed by atoms with Crippen molar-refractivity contribution in [1.29, 1.82) is 0 Å². The molecule has 0 aromatic heterocycles. The summed E-state index contributed by atoms with van der Waals surface area (Å²) in [5, 5.41) is 0. The normalized spacial score (nSPS) is 13.3. The van der Waals surface area contributed by atoms with E-state index >= 15 is 0 Å². The zero-order valence-electron chi connectivity index (χ0n) is 9.24. The van der Waals surface area contributed by atoms with Crippen molar-refractivity contribution in [2.75, 3.05) is 0 Å². The average molecular weight is 222 g/mol. The Hall–Kier alpha value is -2.16. The lowest BCUT2D eigenvalue weighted by atomic mass is 9.89. The van der Waals surface area contributed by atoms with E-state index in [1.54, 1.807) is 0 Å². The van der Waals surface area contributed by atoms with Gasteiger partial charge in [-0.2, -0.15) is 0 Å². The van der Waals surface area contributed by atoms with E-state index in [9.17, 15) is 0 Å². The van der Waals surface area contributed by atoms with Crippen LogP contribution in [-0.2, 0) is 0 Å². The summed E-state index contributed by atoms with van der Waals surface area (Å²) in [4.78, 5) is 0. The summed E-state index contributed by atoms with van der Waals surface area (Å²) in [6.07, 6.45) is 2.00. The van der Waals surface area contributed by atoms with Crippen molar-refractivity contribution in [3.8, 4) is 11.5 Å². The second-order valence-electron chi connectivity index (χ2n) is 3.82. The van der Waals surface area contributed by atoms with Gasteiger partial charge < -0.3 is 9.31 Å². The fourth-order valence-corrected chi connectivity index (χ4v) is 1.75. The van der Waals surface area contributed by atoms with Gasteiger partial charge in [-0.1, -0.05) is 48.5 Å². The smallest absolute Gasteiger partial charge is 0.520 e. The predicted molar refractivity (Wildman–Crippen MR) is 68.9 cm³/mol. The summed E-state index contributed by atoms with van der Waals surface area (Å²) < 4.78 is 11.2. The highest BCUT2D eigenvalue weighted by molar-refractivity contribution is 6.54. The first-order valence-electron chi connectivity index (χ1n) is 5.57. The summed E-state index contributed by atoms with van der Waals surface area (Å²) in [6, 6.07) is 17.8. The molecule has 0 N–H and O–H groups in total. The molecule has 0 saturated heterocycles. The van der Waals surface area contributed by atoms with E-state index in [4.69, 9.17) is 9.31 Å². The molecular formula is C14H11BO2. The number of benzene rings is 2. The molecule has 0 bridgehead atoms. The molecular weight excluding hydrogens is 211 g/mol. The van der Waals surface area contributed by atoms with Gasteiger partial charge in [-0.25, -0.2) is 0 Å². The summed E-state index contributed by atoms with van der Waals surface area (Å²) in [5.74, 6) is 3.51. The minimum absolute atomic E-state index is 0.326. The Bertz CT molecular complexity index is 512. The van der Waals surface area contributed by atoms with Crippen molar-refractivity contribution in [3.05, 3.63) is 66.1 Å². The molecule has 0 atom stereocenters. The van der Waals surface area contributed by atoms with Crippen LogP contribution in [0.3, 0.4) is 0 Å². The van der Waals surface area contributed by atoms with Crippen LogP contribution in [0.5, 0.6) is 11.5 Å². The van der Waals surface area contributed by atoms with Crippen LogP contribution >= 0.6 is 0 Å². The molecule has 2 nitrogen and oxygen atoms in total. The minimum atomic E-state index is -0.326. The fraction of sp³-hybridized carbons (Fsp3) is 0.